The van der Waals surface area contributed by atoms with Crippen LogP contribution >= 0.6 is 12.4 Å². The molecule has 0 radical (unpaired) electrons. The zero-order chi connectivity index (χ0) is 25.6. The summed E-state index contributed by atoms with van der Waals surface area (Å²) in [5.41, 5.74) is -0.656. The number of aromatic hydroxyl groups is 1. The van der Waals surface area contributed by atoms with Crippen LogP contribution in [-0.4, -0.2) is 64.0 Å². The molecular formula is C24H27ClN4O7. The molecule has 1 atom stereocenters. The molecule has 0 saturated carbocycles. The Morgan fingerprint density at radius 2 is 1.94 bits per heavy atom. The summed E-state index contributed by atoms with van der Waals surface area (Å²) in [6, 6.07) is 10.8. The fraction of sp³-hybridized carbons (Fsp3) is 0.250. The van der Waals surface area contributed by atoms with E-state index in [0.717, 1.165) is 17.8 Å². The molecule has 1 heterocycles. The van der Waals surface area contributed by atoms with Crippen molar-refractivity contribution in [1.29, 1.82) is 0 Å². The van der Waals surface area contributed by atoms with Crippen molar-refractivity contribution in [1.82, 2.24) is 9.80 Å². The number of carbonyl (C=O) groups excluding carboxylic acids is 1. The molecule has 11 nitrogen and oxygen atoms in total. The Bertz CT molecular complexity index is 1180. The van der Waals surface area contributed by atoms with E-state index in [4.69, 9.17) is 9.57 Å². The van der Waals surface area contributed by atoms with Gasteiger partial charge in [0.1, 0.15) is 24.3 Å². The van der Waals surface area contributed by atoms with Gasteiger partial charge in [0.15, 0.2) is 5.72 Å². The number of ether oxygens (including phenoxy) is 1. The molecule has 1 aliphatic rings. The lowest BCUT2D eigenvalue weighted by Gasteiger charge is -2.37. The number of non-ortho nitro benzene ring substituents is 1. The number of likely N-dealkylation sites (N-methyl/N-ethyl adjacent to an activating group) is 1. The molecular weight excluding hydrogens is 492 g/mol. The third-order valence-corrected chi connectivity index (χ3v) is 5.24. The van der Waals surface area contributed by atoms with Gasteiger partial charge in [0, 0.05) is 38.5 Å². The summed E-state index contributed by atoms with van der Waals surface area (Å²) in [6.07, 6.45) is 5.41. The van der Waals surface area contributed by atoms with Gasteiger partial charge in [-0.05, 0) is 35.9 Å². The minimum absolute atomic E-state index is 0. The summed E-state index contributed by atoms with van der Waals surface area (Å²) in [7, 11) is 4.76. The van der Waals surface area contributed by atoms with Crippen molar-refractivity contribution in [3.05, 3.63) is 87.6 Å². The Labute approximate surface area is 214 Å². The summed E-state index contributed by atoms with van der Waals surface area (Å²) in [6.45, 7) is 0.0585. The molecule has 1 amide bonds. The van der Waals surface area contributed by atoms with E-state index in [-0.39, 0.29) is 48.5 Å². The lowest BCUT2D eigenvalue weighted by molar-refractivity contribution is -0.384. The molecule has 2 N–H and O–H groups in total. The van der Waals surface area contributed by atoms with E-state index >= 15 is 0 Å². The predicted octanol–water partition coefficient (Wildman–Crippen LogP) is 2.97. The molecule has 2 aromatic rings. The van der Waals surface area contributed by atoms with Crippen LogP contribution in [0.5, 0.6) is 11.5 Å². The SMILES string of the molecule is COc1ccc(CON=CC2(O)C=CC(C(=O)N(C)C)=CN2Cc2ccc([N+](=O)[O-])cc2O)cc1.Cl. The second kappa shape index (κ2) is 12.0. The van der Waals surface area contributed by atoms with Crippen LogP contribution in [0.15, 0.2) is 71.5 Å². The van der Waals surface area contributed by atoms with Gasteiger partial charge < -0.3 is 29.6 Å². The second-order valence-electron chi connectivity index (χ2n) is 7.95. The van der Waals surface area contributed by atoms with Gasteiger partial charge in [0.2, 0.25) is 0 Å². The Hall–Kier alpha value is -4.09. The number of hydrogen-bond donors (Lipinski definition) is 2. The zero-order valence-electron chi connectivity index (χ0n) is 19.9. The minimum Gasteiger partial charge on any atom is -0.507 e. The van der Waals surface area contributed by atoms with Crippen LogP contribution in [-0.2, 0) is 22.8 Å². The lowest BCUT2D eigenvalue weighted by atomic mass is 10.0. The first-order valence-electron chi connectivity index (χ1n) is 10.5. The number of oxime groups is 1. The number of benzene rings is 2. The maximum atomic E-state index is 12.5. The summed E-state index contributed by atoms with van der Waals surface area (Å²) in [5, 5.41) is 36.4. The average molecular weight is 519 g/mol. The Morgan fingerprint density at radius 1 is 1.25 bits per heavy atom. The molecule has 2 aromatic carbocycles. The quantitative estimate of drug-likeness (QED) is 0.293. The summed E-state index contributed by atoms with van der Waals surface area (Å²) >= 11 is 0. The average Bonchev–Trinajstić information content (AvgIpc) is 2.84. The fourth-order valence-corrected chi connectivity index (χ4v) is 3.23. The first kappa shape index (κ1) is 28.1. The molecule has 36 heavy (non-hydrogen) atoms. The third kappa shape index (κ3) is 6.74. The number of halogens is 1. The molecule has 12 heteroatoms. The van der Waals surface area contributed by atoms with Crippen molar-refractivity contribution in [2.45, 2.75) is 18.9 Å². The van der Waals surface area contributed by atoms with Gasteiger partial charge in [-0.1, -0.05) is 17.3 Å². The van der Waals surface area contributed by atoms with Crippen LogP contribution in [0.1, 0.15) is 11.1 Å². The number of nitro groups is 1. The van der Waals surface area contributed by atoms with Crippen molar-refractivity contribution >= 4 is 30.2 Å². The monoisotopic (exact) mass is 518 g/mol. The van der Waals surface area contributed by atoms with E-state index in [1.807, 2.05) is 12.1 Å². The third-order valence-electron chi connectivity index (χ3n) is 5.24. The van der Waals surface area contributed by atoms with Gasteiger partial charge in [-0.15, -0.1) is 12.4 Å². The highest BCUT2D eigenvalue weighted by Gasteiger charge is 2.33. The van der Waals surface area contributed by atoms with Crippen LogP contribution in [0.3, 0.4) is 0 Å². The number of carbonyl (C=O) groups is 1. The van der Waals surface area contributed by atoms with Crippen LogP contribution in [0.2, 0.25) is 0 Å². The highest BCUT2D eigenvalue weighted by Crippen LogP contribution is 2.29. The van der Waals surface area contributed by atoms with Gasteiger partial charge in [0.05, 0.1) is 23.7 Å². The highest BCUT2D eigenvalue weighted by atomic mass is 35.5. The maximum absolute atomic E-state index is 12.5. The maximum Gasteiger partial charge on any atom is 0.273 e. The molecule has 1 aliphatic heterocycles. The number of methoxy groups -OCH3 is 1. The van der Waals surface area contributed by atoms with Crippen LogP contribution in [0, 0.1) is 10.1 Å². The first-order valence-corrected chi connectivity index (χ1v) is 10.5. The molecule has 1 unspecified atom stereocenters. The number of hydrogen-bond acceptors (Lipinski definition) is 9. The normalized spacial score (nSPS) is 16.8. The van der Waals surface area contributed by atoms with Crippen molar-refractivity contribution in [2.75, 3.05) is 21.2 Å². The van der Waals surface area contributed by atoms with Crippen LogP contribution in [0.25, 0.3) is 0 Å². The summed E-state index contributed by atoms with van der Waals surface area (Å²) in [5.74, 6) is 0.0884. The number of nitrogens with zero attached hydrogens (tertiary/aromatic N) is 4. The van der Waals surface area contributed by atoms with Crippen LogP contribution < -0.4 is 4.74 Å². The van der Waals surface area contributed by atoms with E-state index < -0.39 is 10.6 Å². The molecule has 0 aliphatic carbocycles. The molecule has 0 bridgehead atoms. The van der Waals surface area contributed by atoms with Gasteiger partial charge in [-0.3, -0.25) is 14.9 Å². The molecule has 0 aromatic heterocycles. The molecule has 0 spiro atoms. The van der Waals surface area contributed by atoms with Gasteiger partial charge in [-0.25, -0.2) is 0 Å². The van der Waals surface area contributed by atoms with Crippen molar-refractivity contribution in [3.8, 4) is 11.5 Å². The molecule has 0 saturated heterocycles. The van der Waals surface area contributed by atoms with Gasteiger partial charge >= 0.3 is 0 Å². The Kier molecular flexibility index (Phi) is 9.42. The Balaban J connectivity index is 0.00000456. The van der Waals surface area contributed by atoms with Gasteiger partial charge in [-0.2, -0.15) is 0 Å². The topological polar surface area (TPSA) is 138 Å². The molecule has 192 valence electrons. The summed E-state index contributed by atoms with van der Waals surface area (Å²) < 4.78 is 5.11. The number of phenolic OH excluding ortho intramolecular Hbond substituents is 1. The lowest BCUT2D eigenvalue weighted by Crippen LogP contribution is -2.47. The number of aliphatic hydroxyl groups is 1. The van der Waals surface area contributed by atoms with E-state index in [1.54, 1.807) is 33.3 Å². The predicted molar refractivity (Wildman–Crippen MR) is 135 cm³/mol. The smallest absolute Gasteiger partial charge is 0.273 e. The zero-order valence-corrected chi connectivity index (χ0v) is 20.7. The van der Waals surface area contributed by atoms with E-state index in [9.17, 15) is 25.1 Å². The number of rotatable bonds is 9. The van der Waals surface area contributed by atoms with Crippen molar-refractivity contribution in [3.63, 3.8) is 0 Å². The molecule has 0 fully saturated rings. The van der Waals surface area contributed by atoms with Crippen molar-refractivity contribution < 1.29 is 29.5 Å². The number of nitro benzene ring substituents is 1. The molecule has 3 rings (SSSR count). The van der Waals surface area contributed by atoms with E-state index in [0.29, 0.717) is 11.3 Å². The fourth-order valence-electron chi connectivity index (χ4n) is 3.23. The Morgan fingerprint density at radius 3 is 2.53 bits per heavy atom. The first-order chi connectivity index (χ1) is 16.6. The second-order valence-corrected chi connectivity index (χ2v) is 7.95. The number of amides is 1. The highest BCUT2D eigenvalue weighted by molar-refractivity contribution is 5.96. The van der Waals surface area contributed by atoms with Gasteiger partial charge in [0.25, 0.3) is 11.6 Å². The van der Waals surface area contributed by atoms with E-state index in [2.05, 4.69) is 5.16 Å². The summed E-state index contributed by atoms with van der Waals surface area (Å²) in [4.78, 5) is 30.9. The van der Waals surface area contributed by atoms with Crippen molar-refractivity contribution in [2.24, 2.45) is 5.16 Å². The van der Waals surface area contributed by atoms with E-state index in [1.165, 1.54) is 40.3 Å². The number of phenols is 1. The largest absolute Gasteiger partial charge is 0.507 e. The standard InChI is InChI=1S/C24H26N4O7.ClH/c1-26(2)23(30)19-10-11-24(31,16-25-35-15-17-4-8-21(34-3)9-5-17)27(14-19)13-18-6-7-20(28(32)33)12-22(18)29;/h4-12,14,16,29,31H,13,15H2,1-3H3;1H. The minimum atomic E-state index is -1.80. The van der Waals surface area contributed by atoms with Crippen LogP contribution in [0.4, 0.5) is 5.69 Å².